The Kier molecular flexibility index (Phi) is 5.79. The minimum absolute atomic E-state index is 0.248. The molecule has 0 spiro atoms. The average Bonchev–Trinajstić information content (AvgIpc) is 3.38. The van der Waals surface area contributed by atoms with E-state index < -0.39 is 23.8 Å². The number of carbonyl (C=O) groups is 1. The van der Waals surface area contributed by atoms with Gasteiger partial charge in [0, 0.05) is 6.07 Å². The summed E-state index contributed by atoms with van der Waals surface area (Å²) < 4.78 is 5.23. The van der Waals surface area contributed by atoms with E-state index in [1.54, 1.807) is 13.0 Å². The summed E-state index contributed by atoms with van der Waals surface area (Å²) in [4.78, 5) is 17.3. The highest BCUT2D eigenvalue weighted by Gasteiger charge is 2.41. The Morgan fingerprint density at radius 3 is 2.61 bits per heavy atom. The fraction of sp³-hybridized carbons (Fsp3) is 0.409. The first kappa shape index (κ1) is 21.1. The number of methoxy groups -OCH3 is 1. The van der Waals surface area contributed by atoms with Crippen LogP contribution in [0.25, 0.3) is 10.9 Å². The Morgan fingerprint density at radius 2 is 1.97 bits per heavy atom. The van der Waals surface area contributed by atoms with Crippen molar-refractivity contribution in [1.29, 1.82) is 0 Å². The number of aromatic amines is 1. The number of aliphatic hydroxyl groups is 2. The molecule has 4 rings (SSSR count). The number of aromatic nitrogens is 3. The molecule has 0 saturated heterocycles. The lowest BCUT2D eigenvalue weighted by molar-refractivity contribution is 0.0113. The van der Waals surface area contributed by atoms with Crippen LogP contribution < -0.4 is 15.4 Å². The molecule has 2 heterocycles. The van der Waals surface area contributed by atoms with Gasteiger partial charge in [0.05, 0.1) is 41.5 Å². The first-order chi connectivity index (χ1) is 14.9. The smallest absolute Gasteiger partial charge is 0.320 e. The van der Waals surface area contributed by atoms with Crippen molar-refractivity contribution in [2.75, 3.05) is 12.4 Å². The predicted octanol–water partition coefficient (Wildman–Crippen LogP) is 3.19. The number of nitrogens with zero attached hydrogens (tertiary/aromatic N) is 2. The fourth-order valence-corrected chi connectivity index (χ4v) is 4.29. The first-order valence-electron chi connectivity index (χ1n) is 10.4. The van der Waals surface area contributed by atoms with Crippen LogP contribution in [0.15, 0.2) is 36.4 Å². The number of benzene rings is 1. The van der Waals surface area contributed by atoms with E-state index in [4.69, 9.17) is 4.74 Å². The quantitative estimate of drug-likeness (QED) is 0.412. The van der Waals surface area contributed by atoms with E-state index >= 15 is 0 Å². The number of anilines is 1. The molecule has 1 fully saturated rings. The van der Waals surface area contributed by atoms with Crippen molar-refractivity contribution in [1.82, 2.24) is 20.5 Å². The van der Waals surface area contributed by atoms with Crippen LogP contribution in [-0.4, -0.2) is 44.1 Å². The highest BCUT2D eigenvalue weighted by atomic mass is 16.5. The second-order valence-electron chi connectivity index (χ2n) is 7.98. The molecule has 2 atom stereocenters. The number of amides is 2. The summed E-state index contributed by atoms with van der Waals surface area (Å²) >= 11 is 0. The monoisotopic (exact) mass is 425 g/mol. The van der Waals surface area contributed by atoms with E-state index in [-0.39, 0.29) is 5.82 Å². The molecule has 31 heavy (non-hydrogen) atoms. The Hall–Kier alpha value is -3.17. The van der Waals surface area contributed by atoms with Crippen molar-refractivity contribution >= 4 is 22.8 Å². The number of nitrogens with one attached hydrogen (secondary N) is 3. The van der Waals surface area contributed by atoms with E-state index in [1.807, 2.05) is 30.3 Å². The molecule has 2 amide bonds. The molecular formula is C22H27N5O4. The average molecular weight is 425 g/mol. The molecule has 2 aromatic heterocycles. The third-order valence-corrected chi connectivity index (χ3v) is 5.78. The maximum Gasteiger partial charge on any atom is 0.320 e. The predicted molar refractivity (Wildman–Crippen MR) is 116 cm³/mol. The molecule has 2 unspecified atom stereocenters. The molecule has 1 aromatic carbocycles. The zero-order valence-electron chi connectivity index (χ0n) is 17.6. The first-order valence-corrected chi connectivity index (χ1v) is 10.4. The van der Waals surface area contributed by atoms with Crippen molar-refractivity contribution in [2.24, 2.45) is 0 Å². The largest absolute Gasteiger partial charge is 0.479 e. The molecule has 9 heteroatoms. The number of aliphatic hydroxyl groups excluding tert-OH is 1. The van der Waals surface area contributed by atoms with Crippen LogP contribution in [0, 0.1) is 0 Å². The highest BCUT2D eigenvalue weighted by Crippen LogP contribution is 2.40. The van der Waals surface area contributed by atoms with Gasteiger partial charge in [0.15, 0.2) is 0 Å². The van der Waals surface area contributed by atoms with Gasteiger partial charge >= 0.3 is 6.03 Å². The number of ether oxygens (including phenoxy) is 1. The number of rotatable bonds is 6. The third-order valence-electron chi connectivity index (χ3n) is 5.78. The van der Waals surface area contributed by atoms with E-state index in [0.29, 0.717) is 35.3 Å². The van der Waals surface area contributed by atoms with E-state index in [1.165, 1.54) is 7.11 Å². The third kappa shape index (κ3) is 4.19. The maximum atomic E-state index is 12.9. The van der Waals surface area contributed by atoms with Crippen LogP contribution in [0.4, 0.5) is 10.6 Å². The van der Waals surface area contributed by atoms with E-state index in [0.717, 1.165) is 18.4 Å². The molecule has 164 valence electrons. The van der Waals surface area contributed by atoms with Crippen molar-refractivity contribution in [3.8, 4) is 5.88 Å². The van der Waals surface area contributed by atoms with Crippen molar-refractivity contribution in [2.45, 2.75) is 50.4 Å². The van der Waals surface area contributed by atoms with Gasteiger partial charge < -0.3 is 20.3 Å². The molecule has 0 radical (unpaired) electrons. The van der Waals surface area contributed by atoms with E-state index in [2.05, 4.69) is 25.8 Å². The second-order valence-corrected chi connectivity index (χ2v) is 7.98. The summed E-state index contributed by atoms with van der Waals surface area (Å²) in [5.41, 5.74) is 0.755. The van der Waals surface area contributed by atoms with Crippen LogP contribution in [0.3, 0.4) is 0 Å². The maximum absolute atomic E-state index is 12.9. The van der Waals surface area contributed by atoms with Crippen LogP contribution in [0.1, 0.15) is 56.0 Å². The minimum atomic E-state index is -1.00. The zero-order valence-corrected chi connectivity index (χ0v) is 17.6. The molecule has 9 nitrogen and oxygen atoms in total. The Bertz CT molecular complexity index is 1060. The van der Waals surface area contributed by atoms with Crippen molar-refractivity contribution in [3.05, 3.63) is 47.7 Å². The summed E-state index contributed by atoms with van der Waals surface area (Å²) in [5, 5.41) is 34.5. The van der Waals surface area contributed by atoms with Gasteiger partial charge in [0.2, 0.25) is 5.88 Å². The molecular weight excluding hydrogens is 398 g/mol. The van der Waals surface area contributed by atoms with Gasteiger partial charge in [-0.25, -0.2) is 9.78 Å². The van der Waals surface area contributed by atoms with Gasteiger partial charge in [0.1, 0.15) is 5.82 Å². The van der Waals surface area contributed by atoms with Crippen molar-refractivity contribution in [3.63, 3.8) is 0 Å². The van der Waals surface area contributed by atoms with Gasteiger partial charge in [-0.15, -0.1) is 5.10 Å². The second kappa shape index (κ2) is 8.52. The summed E-state index contributed by atoms with van der Waals surface area (Å²) in [7, 11) is 1.48. The Balaban J connectivity index is 1.60. The lowest BCUT2D eigenvalue weighted by Gasteiger charge is -2.33. The van der Waals surface area contributed by atoms with Gasteiger partial charge in [-0.05, 0) is 25.3 Å². The summed E-state index contributed by atoms with van der Waals surface area (Å²) in [6, 6.07) is 10.0. The molecule has 1 aliphatic rings. The number of urea groups is 1. The zero-order chi connectivity index (χ0) is 22.0. The van der Waals surface area contributed by atoms with Crippen LogP contribution >= 0.6 is 0 Å². The number of fused-ring (bicyclic) bond motifs is 1. The van der Waals surface area contributed by atoms with Gasteiger partial charge in [0.25, 0.3) is 0 Å². The summed E-state index contributed by atoms with van der Waals surface area (Å²) in [5.74, 6) is 0.569. The molecule has 5 N–H and O–H groups in total. The molecule has 3 aromatic rings. The number of carbonyl (C=O) groups excluding carboxylic acids is 1. The minimum Gasteiger partial charge on any atom is -0.479 e. The van der Waals surface area contributed by atoms with Gasteiger partial charge in [-0.3, -0.25) is 10.4 Å². The van der Waals surface area contributed by atoms with Crippen LogP contribution in [0.2, 0.25) is 0 Å². The number of pyridine rings is 1. The topological polar surface area (TPSA) is 132 Å². The lowest BCUT2D eigenvalue weighted by Crippen LogP contribution is -2.45. The van der Waals surface area contributed by atoms with Crippen molar-refractivity contribution < 1.29 is 19.7 Å². The SMILES string of the molecule is COc1n[nH]c2cc(NC(=O)NC(c3ccccc3)C3(O)CCCC3)nc(C(C)O)c12. The van der Waals surface area contributed by atoms with Gasteiger partial charge in [-0.1, -0.05) is 43.2 Å². The number of hydrogen-bond acceptors (Lipinski definition) is 6. The van der Waals surface area contributed by atoms with Gasteiger partial charge in [-0.2, -0.15) is 0 Å². The summed E-state index contributed by atoms with van der Waals surface area (Å²) in [6.45, 7) is 1.58. The normalized spacial score (nSPS) is 17.3. The molecule has 1 aliphatic carbocycles. The van der Waals surface area contributed by atoms with Crippen LogP contribution in [0.5, 0.6) is 5.88 Å². The summed E-state index contributed by atoms with van der Waals surface area (Å²) in [6.07, 6.45) is 2.19. The molecule has 0 bridgehead atoms. The Labute approximate surface area is 179 Å². The number of H-pyrrole nitrogens is 1. The number of hydrogen-bond donors (Lipinski definition) is 5. The highest BCUT2D eigenvalue weighted by molar-refractivity contribution is 5.93. The standard InChI is InChI=1S/C22H27N5O4/c1-13(28)18-17-15(26-27-20(17)31-2)12-16(23-18)24-21(29)25-19(14-8-4-3-5-9-14)22(30)10-6-7-11-22/h3-5,8-9,12-13,19,28,30H,6-7,10-11H2,1-2H3,(H,26,27)(H2,23,24,25,29). The van der Waals surface area contributed by atoms with E-state index in [9.17, 15) is 15.0 Å². The Morgan fingerprint density at radius 1 is 1.26 bits per heavy atom. The lowest BCUT2D eigenvalue weighted by atomic mass is 9.87. The molecule has 1 saturated carbocycles. The fourth-order valence-electron chi connectivity index (χ4n) is 4.29. The van der Waals surface area contributed by atoms with Crippen LogP contribution in [-0.2, 0) is 0 Å². The molecule has 0 aliphatic heterocycles.